The van der Waals surface area contributed by atoms with Gasteiger partial charge in [-0.05, 0) is 24.6 Å². The molecule has 1 aromatic carbocycles. The van der Waals surface area contributed by atoms with E-state index in [2.05, 4.69) is 62.9 Å². The summed E-state index contributed by atoms with van der Waals surface area (Å²) >= 11 is 11.2. The van der Waals surface area contributed by atoms with Crippen molar-refractivity contribution in [2.75, 3.05) is 11.9 Å². The molecule has 0 aliphatic carbocycles. The summed E-state index contributed by atoms with van der Waals surface area (Å²) in [4.78, 5) is 7.99. The lowest BCUT2D eigenvalue weighted by Crippen LogP contribution is -2.23. The van der Waals surface area contributed by atoms with Gasteiger partial charge < -0.3 is 4.90 Å². The monoisotopic (exact) mass is 383 g/mol. The number of hydrogen-bond acceptors (Lipinski definition) is 3. The Morgan fingerprint density at radius 1 is 1.38 bits per heavy atom. The van der Waals surface area contributed by atoms with Crippen molar-refractivity contribution in [3.8, 4) is 0 Å². The van der Waals surface area contributed by atoms with E-state index >= 15 is 0 Å². The number of fused-ring (bicyclic) bond motifs is 1. The standard InChI is InChI=1S/C15H15BrClN3S/c1-10(11-3-5-12(17)6-4-11)19(2)14-13(9-16)20-7-8-21-15(20)18-14/h3-8,10H,9H2,1-2H3. The highest BCUT2D eigenvalue weighted by atomic mass is 79.9. The Kier molecular flexibility index (Phi) is 4.24. The Hall–Kier alpha value is -1.04. The normalized spacial score (nSPS) is 12.8. The molecule has 0 spiro atoms. The third kappa shape index (κ3) is 2.70. The zero-order valence-electron chi connectivity index (χ0n) is 11.8. The fourth-order valence-electron chi connectivity index (χ4n) is 2.38. The van der Waals surface area contributed by atoms with Gasteiger partial charge in [0.2, 0.25) is 0 Å². The van der Waals surface area contributed by atoms with Crippen molar-refractivity contribution in [3.63, 3.8) is 0 Å². The topological polar surface area (TPSA) is 20.5 Å². The van der Waals surface area contributed by atoms with Crippen molar-refractivity contribution >= 4 is 49.6 Å². The molecule has 0 bridgehead atoms. The van der Waals surface area contributed by atoms with Gasteiger partial charge in [0.25, 0.3) is 0 Å². The molecule has 0 N–H and O–H groups in total. The van der Waals surface area contributed by atoms with Crippen molar-refractivity contribution in [1.29, 1.82) is 0 Å². The van der Waals surface area contributed by atoms with E-state index in [0.717, 1.165) is 21.1 Å². The molecule has 2 aromatic heterocycles. The minimum atomic E-state index is 0.227. The predicted octanol–water partition coefficient (Wildman–Crippen LogP) is 5.14. The first-order valence-corrected chi connectivity index (χ1v) is 8.98. The van der Waals surface area contributed by atoms with E-state index in [4.69, 9.17) is 16.6 Å². The van der Waals surface area contributed by atoms with Gasteiger partial charge in [-0.25, -0.2) is 4.98 Å². The van der Waals surface area contributed by atoms with Crippen molar-refractivity contribution in [2.45, 2.75) is 18.3 Å². The molecule has 3 rings (SSSR count). The maximum atomic E-state index is 5.97. The Labute approximate surface area is 141 Å². The molecule has 0 fully saturated rings. The lowest BCUT2D eigenvalue weighted by atomic mass is 10.1. The van der Waals surface area contributed by atoms with Gasteiger partial charge in [-0.2, -0.15) is 0 Å². The van der Waals surface area contributed by atoms with E-state index in [0.29, 0.717) is 0 Å². The van der Waals surface area contributed by atoms with Crippen LogP contribution in [0, 0.1) is 0 Å². The number of nitrogens with zero attached hydrogens (tertiary/aromatic N) is 3. The van der Waals surface area contributed by atoms with Crippen molar-refractivity contribution in [2.24, 2.45) is 0 Å². The molecule has 2 heterocycles. The molecule has 0 amide bonds. The van der Waals surface area contributed by atoms with Crippen LogP contribution in [0.4, 0.5) is 5.82 Å². The summed E-state index contributed by atoms with van der Waals surface area (Å²) < 4.78 is 2.14. The highest BCUT2D eigenvalue weighted by molar-refractivity contribution is 9.08. The Morgan fingerprint density at radius 3 is 2.76 bits per heavy atom. The second kappa shape index (κ2) is 5.99. The number of thiazole rings is 1. The second-order valence-electron chi connectivity index (χ2n) is 4.91. The number of aromatic nitrogens is 2. The van der Waals surface area contributed by atoms with Gasteiger partial charge in [0.1, 0.15) is 0 Å². The third-order valence-corrected chi connectivity index (χ3v) is 5.27. The van der Waals surface area contributed by atoms with Gasteiger partial charge in [-0.15, -0.1) is 11.3 Å². The van der Waals surface area contributed by atoms with Gasteiger partial charge in [0, 0.05) is 29.0 Å². The Bertz CT molecular complexity index is 750. The molecule has 1 atom stereocenters. The summed E-state index contributed by atoms with van der Waals surface area (Å²) in [5.41, 5.74) is 2.40. The molecule has 0 aliphatic rings. The molecule has 1 unspecified atom stereocenters. The maximum absolute atomic E-state index is 5.97. The molecule has 21 heavy (non-hydrogen) atoms. The largest absolute Gasteiger partial charge is 0.351 e. The van der Waals surface area contributed by atoms with E-state index in [1.807, 2.05) is 12.1 Å². The molecular weight excluding hydrogens is 370 g/mol. The first-order chi connectivity index (χ1) is 10.1. The van der Waals surface area contributed by atoms with Gasteiger partial charge in [-0.1, -0.05) is 39.7 Å². The van der Waals surface area contributed by atoms with Crippen LogP contribution >= 0.6 is 38.9 Å². The molecule has 0 aliphatic heterocycles. The van der Waals surface area contributed by atoms with Crippen LogP contribution in [-0.2, 0) is 5.33 Å². The summed E-state index contributed by atoms with van der Waals surface area (Å²) in [7, 11) is 2.08. The molecule has 110 valence electrons. The van der Waals surface area contributed by atoms with E-state index < -0.39 is 0 Å². The lowest BCUT2D eigenvalue weighted by Gasteiger charge is -2.26. The van der Waals surface area contributed by atoms with E-state index in [1.165, 1.54) is 11.3 Å². The summed E-state index contributed by atoms with van der Waals surface area (Å²) in [6.45, 7) is 2.18. The van der Waals surface area contributed by atoms with E-state index in [9.17, 15) is 0 Å². The van der Waals surface area contributed by atoms with Crippen LogP contribution in [0.5, 0.6) is 0 Å². The average Bonchev–Trinajstić information content (AvgIpc) is 3.06. The quantitative estimate of drug-likeness (QED) is 0.580. The average molecular weight is 385 g/mol. The van der Waals surface area contributed by atoms with Crippen LogP contribution in [0.3, 0.4) is 0 Å². The first kappa shape index (κ1) is 14.9. The van der Waals surface area contributed by atoms with E-state index in [1.54, 1.807) is 11.3 Å². The number of anilines is 1. The minimum Gasteiger partial charge on any atom is -0.351 e. The minimum absolute atomic E-state index is 0.227. The third-order valence-electron chi connectivity index (χ3n) is 3.73. The molecule has 6 heteroatoms. The molecule has 0 saturated carbocycles. The van der Waals surface area contributed by atoms with Gasteiger partial charge in [0.05, 0.1) is 11.7 Å². The number of rotatable bonds is 4. The zero-order valence-corrected chi connectivity index (χ0v) is 14.9. The summed E-state index contributed by atoms with van der Waals surface area (Å²) in [6, 6.07) is 8.21. The van der Waals surface area contributed by atoms with Crippen LogP contribution in [0.2, 0.25) is 5.02 Å². The van der Waals surface area contributed by atoms with Crippen LogP contribution in [0.15, 0.2) is 35.8 Å². The summed E-state index contributed by atoms with van der Waals surface area (Å²) in [5, 5.41) is 3.59. The Balaban J connectivity index is 1.97. The van der Waals surface area contributed by atoms with Gasteiger partial charge in [0.15, 0.2) is 10.8 Å². The smallest absolute Gasteiger partial charge is 0.195 e. The van der Waals surface area contributed by atoms with Crippen LogP contribution in [-0.4, -0.2) is 16.4 Å². The molecule has 3 nitrogen and oxygen atoms in total. The number of hydrogen-bond donors (Lipinski definition) is 0. The van der Waals surface area contributed by atoms with Gasteiger partial charge >= 0.3 is 0 Å². The fraction of sp³-hybridized carbons (Fsp3) is 0.267. The van der Waals surface area contributed by atoms with Crippen molar-refractivity contribution < 1.29 is 0 Å². The molecular formula is C15H15BrClN3S. The highest BCUT2D eigenvalue weighted by Gasteiger charge is 2.20. The molecule has 0 radical (unpaired) electrons. The SMILES string of the molecule is CC(c1ccc(Cl)cc1)N(C)c1nc2sccn2c1CBr. The van der Waals surface area contributed by atoms with E-state index in [-0.39, 0.29) is 6.04 Å². The maximum Gasteiger partial charge on any atom is 0.195 e. The highest BCUT2D eigenvalue weighted by Crippen LogP contribution is 2.31. The summed E-state index contributed by atoms with van der Waals surface area (Å²) in [6.07, 6.45) is 2.06. The second-order valence-corrected chi connectivity index (χ2v) is 6.78. The molecule has 3 aromatic rings. The fourth-order valence-corrected chi connectivity index (χ4v) is 3.75. The van der Waals surface area contributed by atoms with Crippen LogP contribution in [0.1, 0.15) is 24.2 Å². The summed E-state index contributed by atoms with van der Waals surface area (Å²) in [5.74, 6) is 1.01. The van der Waals surface area contributed by atoms with Crippen molar-refractivity contribution in [1.82, 2.24) is 9.38 Å². The lowest BCUT2D eigenvalue weighted by molar-refractivity contribution is 0.728. The molecule has 0 saturated heterocycles. The first-order valence-electron chi connectivity index (χ1n) is 6.60. The number of alkyl halides is 1. The van der Waals surface area contributed by atoms with Crippen LogP contribution in [0.25, 0.3) is 4.96 Å². The van der Waals surface area contributed by atoms with Crippen LogP contribution < -0.4 is 4.90 Å². The van der Waals surface area contributed by atoms with Gasteiger partial charge in [-0.3, -0.25) is 4.40 Å². The number of benzene rings is 1. The predicted molar refractivity (Wildman–Crippen MR) is 94.0 cm³/mol. The zero-order chi connectivity index (χ0) is 15.0. The van der Waals surface area contributed by atoms with Crippen molar-refractivity contribution in [3.05, 3.63) is 52.1 Å². The number of imidazole rings is 1. The number of halogens is 2. The Morgan fingerprint density at radius 2 is 2.10 bits per heavy atom.